The van der Waals surface area contributed by atoms with Gasteiger partial charge in [0.2, 0.25) is 16.9 Å². The molecule has 33 heavy (non-hydrogen) atoms. The molecule has 8 nitrogen and oxygen atoms in total. The second kappa shape index (κ2) is 9.33. The Balaban J connectivity index is 1.50. The molecule has 0 spiro atoms. The highest BCUT2D eigenvalue weighted by Gasteiger charge is 2.34. The van der Waals surface area contributed by atoms with E-state index in [-0.39, 0.29) is 29.4 Å². The van der Waals surface area contributed by atoms with E-state index in [4.69, 9.17) is 0 Å². The molecule has 1 aromatic carbocycles. The van der Waals surface area contributed by atoms with Crippen LogP contribution in [0.3, 0.4) is 0 Å². The zero-order valence-electron chi connectivity index (χ0n) is 18.3. The van der Waals surface area contributed by atoms with Crippen LogP contribution in [0.4, 0.5) is 15.3 Å². The number of rotatable bonds is 7. The van der Waals surface area contributed by atoms with Crippen LogP contribution in [0.15, 0.2) is 28.6 Å². The number of halogens is 1. The Morgan fingerprint density at radius 1 is 1.30 bits per heavy atom. The third kappa shape index (κ3) is 4.77. The zero-order valence-corrected chi connectivity index (χ0v) is 19.9. The molecule has 1 aliphatic rings. The summed E-state index contributed by atoms with van der Waals surface area (Å²) in [4.78, 5) is 26.3. The van der Waals surface area contributed by atoms with E-state index in [0.717, 1.165) is 24.1 Å². The van der Waals surface area contributed by atoms with Crippen molar-refractivity contribution in [3.8, 4) is 11.8 Å². The van der Waals surface area contributed by atoms with Crippen molar-refractivity contribution < 1.29 is 14.0 Å². The van der Waals surface area contributed by atoms with Gasteiger partial charge in [-0.1, -0.05) is 23.1 Å². The van der Waals surface area contributed by atoms with Crippen molar-refractivity contribution in [1.82, 2.24) is 14.8 Å². The number of hydrogen-bond donors (Lipinski definition) is 1. The first-order valence-electron chi connectivity index (χ1n) is 10.2. The molecule has 170 valence electrons. The van der Waals surface area contributed by atoms with Crippen LogP contribution in [0, 0.1) is 31.0 Å². The number of anilines is 2. The predicted molar refractivity (Wildman–Crippen MR) is 125 cm³/mol. The average Bonchev–Trinajstić information content (AvgIpc) is 3.44. The Bertz CT molecular complexity index is 1260. The van der Waals surface area contributed by atoms with Gasteiger partial charge in [-0.2, -0.15) is 5.26 Å². The van der Waals surface area contributed by atoms with Gasteiger partial charge in [-0.3, -0.25) is 19.1 Å². The number of benzene rings is 1. The fraction of sp³-hybridized carbons (Fsp3) is 0.318. The number of carbonyl (C=O) groups excluding carboxylic acids is 2. The normalized spacial score (nSPS) is 12.9. The summed E-state index contributed by atoms with van der Waals surface area (Å²) in [5.41, 5.74) is 2.51. The Labute approximate surface area is 198 Å². The standard InChI is InChI=1S/C22H21FN6O2S2/c1-12-13(2)28(16-6-4-15(23)5-7-16)20(18(12)10-24)25-19(31)11-32-22-27-26-21(33-22)29(14(3)30)17-8-9-17/h4-7,17H,8-9,11H2,1-3H3,(H,25,31). The Morgan fingerprint density at radius 2 is 2.00 bits per heavy atom. The molecule has 0 saturated heterocycles. The predicted octanol–water partition coefficient (Wildman–Crippen LogP) is 4.20. The molecule has 0 bridgehead atoms. The summed E-state index contributed by atoms with van der Waals surface area (Å²) in [6, 6.07) is 8.19. The zero-order chi connectivity index (χ0) is 23.7. The van der Waals surface area contributed by atoms with Gasteiger partial charge in [-0.05, 0) is 56.5 Å². The minimum Gasteiger partial charge on any atom is -0.310 e. The van der Waals surface area contributed by atoms with Crippen LogP contribution in [-0.4, -0.2) is 38.4 Å². The van der Waals surface area contributed by atoms with Crippen molar-refractivity contribution >= 4 is 45.9 Å². The quantitative estimate of drug-likeness (QED) is 0.398. The van der Waals surface area contributed by atoms with E-state index in [2.05, 4.69) is 21.6 Å². The van der Waals surface area contributed by atoms with E-state index in [9.17, 15) is 19.2 Å². The number of nitriles is 1. The number of carbonyl (C=O) groups is 2. The molecule has 2 amide bonds. The molecular formula is C22H21FN6O2S2. The molecule has 11 heteroatoms. The van der Waals surface area contributed by atoms with Crippen molar-refractivity contribution in [2.45, 2.75) is 44.0 Å². The molecule has 2 heterocycles. The SMILES string of the molecule is CC(=O)N(c1nnc(SCC(=O)Nc2c(C#N)c(C)c(C)n2-c2ccc(F)cc2)s1)C1CC1. The highest BCUT2D eigenvalue weighted by atomic mass is 32.2. The van der Waals surface area contributed by atoms with Crippen LogP contribution in [-0.2, 0) is 9.59 Å². The second-order valence-corrected chi connectivity index (χ2v) is 9.84. The van der Waals surface area contributed by atoms with Gasteiger partial charge in [-0.25, -0.2) is 4.39 Å². The van der Waals surface area contributed by atoms with Gasteiger partial charge >= 0.3 is 0 Å². The molecule has 0 aliphatic heterocycles. The summed E-state index contributed by atoms with van der Waals surface area (Å²) in [6.07, 6.45) is 1.91. The van der Waals surface area contributed by atoms with Crippen molar-refractivity contribution in [3.63, 3.8) is 0 Å². The van der Waals surface area contributed by atoms with E-state index >= 15 is 0 Å². The van der Waals surface area contributed by atoms with Crippen molar-refractivity contribution in [3.05, 3.63) is 46.9 Å². The first-order valence-corrected chi connectivity index (χ1v) is 12.0. The topological polar surface area (TPSA) is 104 Å². The van der Waals surface area contributed by atoms with Gasteiger partial charge in [0.25, 0.3) is 0 Å². The van der Waals surface area contributed by atoms with Gasteiger partial charge in [0.05, 0.1) is 11.3 Å². The van der Waals surface area contributed by atoms with Gasteiger partial charge < -0.3 is 5.32 Å². The summed E-state index contributed by atoms with van der Waals surface area (Å²) in [7, 11) is 0. The largest absolute Gasteiger partial charge is 0.310 e. The number of nitrogens with one attached hydrogen (secondary N) is 1. The fourth-order valence-corrected chi connectivity index (χ4v) is 5.27. The third-order valence-electron chi connectivity index (χ3n) is 5.35. The lowest BCUT2D eigenvalue weighted by molar-refractivity contribution is -0.116. The van der Waals surface area contributed by atoms with E-state index in [1.54, 1.807) is 21.6 Å². The van der Waals surface area contributed by atoms with Crippen molar-refractivity contribution in [2.75, 3.05) is 16.0 Å². The van der Waals surface area contributed by atoms with Crippen LogP contribution in [0.5, 0.6) is 0 Å². The molecule has 3 aromatic rings. The van der Waals surface area contributed by atoms with Crippen LogP contribution in [0.1, 0.15) is 36.6 Å². The molecule has 1 saturated carbocycles. The second-order valence-electron chi connectivity index (χ2n) is 7.67. The minimum absolute atomic E-state index is 0.0513. The smallest absolute Gasteiger partial charge is 0.235 e. The summed E-state index contributed by atoms with van der Waals surface area (Å²) < 4.78 is 15.7. The molecule has 0 radical (unpaired) electrons. The maximum Gasteiger partial charge on any atom is 0.235 e. The Kier molecular flexibility index (Phi) is 6.49. The molecule has 1 N–H and O–H groups in total. The van der Waals surface area contributed by atoms with Gasteiger partial charge in [0.15, 0.2) is 4.34 Å². The number of amides is 2. The lowest BCUT2D eigenvalue weighted by Crippen LogP contribution is -2.30. The van der Waals surface area contributed by atoms with Gasteiger partial charge in [0.1, 0.15) is 17.7 Å². The monoisotopic (exact) mass is 484 g/mol. The van der Waals surface area contributed by atoms with Crippen LogP contribution < -0.4 is 10.2 Å². The van der Waals surface area contributed by atoms with Gasteiger partial charge in [-0.15, -0.1) is 10.2 Å². The lowest BCUT2D eigenvalue weighted by atomic mass is 10.2. The van der Waals surface area contributed by atoms with E-state index in [0.29, 0.717) is 26.5 Å². The Morgan fingerprint density at radius 3 is 2.61 bits per heavy atom. The number of nitrogens with zero attached hydrogens (tertiary/aromatic N) is 5. The van der Waals surface area contributed by atoms with Crippen LogP contribution in [0.2, 0.25) is 0 Å². The molecular weight excluding hydrogens is 463 g/mol. The number of aromatic nitrogens is 3. The maximum absolute atomic E-state index is 13.4. The highest BCUT2D eigenvalue weighted by molar-refractivity contribution is 8.01. The van der Waals surface area contributed by atoms with Crippen LogP contribution >= 0.6 is 23.1 Å². The lowest BCUT2D eigenvalue weighted by Gasteiger charge is -2.15. The molecule has 1 fully saturated rings. The highest BCUT2D eigenvalue weighted by Crippen LogP contribution is 2.36. The molecule has 4 rings (SSSR count). The van der Waals surface area contributed by atoms with E-state index in [1.165, 1.54) is 42.2 Å². The van der Waals surface area contributed by atoms with E-state index in [1.807, 2.05) is 13.8 Å². The minimum atomic E-state index is -0.371. The fourth-order valence-electron chi connectivity index (χ4n) is 3.51. The molecule has 1 aliphatic carbocycles. The average molecular weight is 485 g/mol. The molecule has 0 atom stereocenters. The molecule has 0 unspecified atom stereocenters. The number of thioether (sulfide) groups is 1. The first-order chi connectivity index (χ1) is 15.8. The maximum atomic E-state index is 13.4. The van der Waals surface area contributed by atoms with E-state index < -0.39 is 0 Å². The van der Waals surface area contributed by atoms with Crippen molar-refractivity contribution in [2.24, 2.45) is 0 Å². The summed E-state index contributed by atoms with van der Waals surface area (Å²) >= 11 is 2.49. The molecule has 2 aromatic heterocycles. The number of hydrogen-bond acceptors (Lipinski definition) is 7. The first kappa shape index (κ1) is 22.9. The summed E-state index contributed by atoms with van der Waals surface area (Å²) in [6.45, 7) is 5.15. The summed E-state index contributed by atoms with van der Waals surface area (Å²) in [5.74, 6) is -0.363. The van der Waals surface area contributed by atoms with Crippen molar-refractivity contribution in [1.29, 1.82) is 5.26 Å². The summed E-state index contributed by atoms with van der Waals surface area (Å²) in [5, 5.41) is 21.2. The Hall–Kier alpha value is -3.23. The van der Waals surface area contributed by atoms with Crippen LogP contribution in [0.25, 0.3) is 5.69 Å². The van der Waals surface area contributed by atoms with Gasteiger partial charge in [0, 0.05) is 24.3 Å². The third-order valence-corrected chi connectivity index (χ3v) is 7.40.